The summed E-state index contributed by atoms with van der Waals surface area (Å²) in [5.74, 6) is 0.193. The van der Waals surface area contributed by atoms with Crippen molar-refractivity contribution in [2.75, 3.05) is 0 Å². The number of benzene rings is 2. The molecule has 4 rings (SSSR count). The zero-order valence-electron chi connectivity index (χ0n) is 15.0. The van der Waals surface area contributed by atoms with Gasteiger partial charge in [0.25, 0.3) is 0 Å². The summed E-state index contributed by atoms with van der Waals surface area (Å²) in [5.41, 5.74) is 8.12. The van der Waals surface area contributed by atoms with Crippen molar-refractivity contribution in [1.82, 2.24) is 4.98 Å². The number of rotatable bonds is 2. The normalized spacial score (nSPS) is 13.8. The third kappa shape index (κ3) is 3.33. The smallest absolute Gasteiger partial charge is 0.143 e. The summed E-state index contributed by atoms with van der Waals surface area (Å²) in [5, 5.41) is 0. The minimum atomic E-state index is 0.193. The molecule has 0 unspecified atom stereocenters. The molecule has 0 radical (unpaired) electrons. The van der Waals surface area contributed by atoms with Gasteiger partial charge in [0.15, 0.2) is 0 Å². The van der Waals surface area contributed by atoms with E-state index in [0.29, 0.717) is 12.8 Å². The Bertz CT molecular complexity index is 1030. The number of Topliss-reactive ketones (excluding diaryl/α,β-unsaturated/α-hetero) is 1. The molecule has 0 saturated heterocycles. The van der Waals surface area contributed by atoms with Gasteiger partial charge < -0.3 is 0 Å². The molecule has 1 aromatic heterocycles. The molecular weight excluding hydrogens is 320 g/mol. The second-order valence-corrected chi connectivity index (χ2v) is 6.85. The first kappa shape index (κ1) is 16.4. The maximum absolute atomic E-state index is 12.5. The lowest BCUT2D eigenvalue weighted by Crippen LogP contribution is -2.09. The van der Waals surface area contributed by atoms with Crippen molar-refractivity contribution in [2.45, 2.75) is 26.7 Å². The fraction of sp³-hybridized carbons (Fsp3) is 0.174. The third-order valence-corrected chi connectivity index (χ3v) is 4.67. The summed E-state index contributed by atoms with van der Waals surface area (Å²) in [6, 6.07) is 18.5. The maximum atomic E-state index is 12.5. The van der Waals surface area contributed by atoms with Gasteiger partial charge in [0.1, 0.15) is 5.78 Å². The monoisotopic (exact) mass is 340 g/mol. The van der Waals surface area contributed by atoms with E-state index in [1.807, 2.05) is 25.1 Å². The zero-order chi connectivity index (χ0) is 18.1. The van der Waals surface area contributed by atoms with E-state index in [-0.39, 0.29) is 5.78 Å². The fourth-order valence-corrected chi connectivity index (χ4v) is 3.38. The van der Waals surface area contributed by atoms with Crippen molar-refractivity contribution in [2.24, 2.45) is 4.99 Å². The van der Waals surface area contributed by atoms with E-state index in [1.165, 1.54) is 11.1 Å². The number of fused-ring (bicyclic) bond motifs is 1. The van der Waals surface area contributed by atoms with Crippen LogP contribution in [-0.2, 0) is 11.2 Å². The van der Waals surface area contributed by atoms with E-state index < -0.39 is 0 Å². The summed E-state index contributed by atoms with van der Waals surface area (Å²) < 4.78 is 0. The molecule has 0 amide bonds. The number of hydrogen-bond acceptors (Lipinski definition) is 3. The van der Waals surface area contributed by atoms with E-state index in [4.69, 9.17) is 4.99 Å². The minimum absolute atomic E-state index is 0.193. The molecule has 1 aliphatic rings. The van der Waals surface area contributed by atoms with Crippen LogP contribution in [0.1, 0.15) is 28.8 Å². The van der Waals surface area contributed by atoms with Gasteiger partial charge >= 0.3 is 0 Å². The highest BCUT2D eigenvalue weighted by molar-refractivity contribution is 6.13. The summed E-state index contributed by atoms with van der Waals surface area (Å²) in [6.07, 6.45) is 2.55. The van der Waals surface area contributed by atoms with E-state index in [2.05, 4.69) is 48.3 Å². The molecule has 3 nitrogen and oxygen atoms in total. The number of aliphatic imine (C=N–C) groups is 1. The predicted molar refractivity (Wildman–Crippen MR) is 105 cm³/mol. The van der Waals surface area contributed by atoms with Crippen molar-refractivity contribution in [1.29, 1.82) is 0 Å². The Morgan fingerprint density at radius 1 is 0.846 bits per heavy atom. The van der Waals surface area contributed by atoms with Gasteiger partial charge in [-0.3, -0.25) is 14.8 Å². The van der Waals surface area contributed by atoms with Crippen LogP contribution in [0.25, 0.3) is 11.1 Å². The fourth-order valence-electron chi connectivity index (χ4n) is 3.38. The van der Waals surface area contributed by atoms with Crippen molar-refractivity contribution >= 4 is 17.2 Å². The average Bonchev–Trinajstić information content (AvgIpc) is 2.79. The summed E-state index contributed by atoms with van der Waals surface area (Å²) in [4.78, 5) is 21.6. The first-order valence-corrected chi connectivity index (χ1v) is 8.81. The van der Waals surface area contributed by atoms with Crippen LogP contribution in [0.2, 0.25) is 0 Å². The number of aromatic nitrogens is 1. The SMILES string of the molecule is Cc1cccc(-c2ccc3c(c2)CC(=O)CC(c2ccnc(C)c2)=N3)c1. The van der Waals surface area contributed by atoms with Gasteiger partial charge in [-0.2, -0.15) is 0 Å². The van der Waals surface area contributed by atoms with Crippen molar-refractivity contribution in [3.63, 3.8) is 0 Å². The minimum Gasteiger partial charge on any atom is -0.299 e. The molecule has 2 aromatic carbocycles. The lowest BCUT2D eigenvalue weighted by molar-refractivity contribution is -0.117. The maximum Gasteiger partial charge on any atom is 0.143 e. The van der Waals surface area contributed by atoms with Gasteiger partial charge in [0.05, 0.1) is 11.4 Å². The molecular formula is C23H20N2O. The molecule has 26 heavy (non-hydrogen) atoms. The van der Waals surface area contributed by atoms with E-state index in [1.54, 1.807) is 6.20 Å². The number of hydrogen-bond donors (Lipinski definition) is 0. The molecule has 2 heterocycles. The van der Waals surface area contributed by atoms with Gasteiger partial charge in [0.2, 0.25) is 0 Å². The second-order valence-electron chi connectivity index (χ2n) is 6.85. The number of aryl methyl sites for hydroxylation is 2. The Balaban J connectivity index is 1.78. The molecule has 3 heteroatoms. The molecule has 0 spiro atoms. The highest BCUT2D eigenvalue weighted by Crippen LogP contribution is 2.31. The van der Waals surface area contributed by atoms with Gasteiger partial charge in [-0.05, 0) is 60.4 Å². The summed E-state index contributed by atoms with van der Waals surface area (Å²) in [7, 11) is 0. The Morgan fingerprint density at radius 2 is 1.69 bits per heavy atom. The average molecular weight is 340 g/mol. The Kier molecular flexibility index (Phi) is 4.21. The van der Waals surface area contributed by atoms with Crippen LogP contribution in [-0.4, -0.2) is 16.5 Å². The molecule has 128 valence electrons. The van der Waals surface area contributed by atoms with Gasteiger partial charge in [-0.25, -0.2) is 0 Å². The quantitative estimate of drug-likeness (QED) is 0.659. The Labute approximate surface area is 153 Å². The molecule has 0 aliphatic carbocycles. The number of pyridine rings is 1. The standard InChI is InChI=1S/C23H20N2O/c1-15-4-3-5-17(10-15)18-6-7-22-20(12-18)13-21(26)14-23(25-22)19-8-9-24-16(2)11-19/h3-12H,13-14H2,1-2H3. The molecule has 0 saturated carbocycles. The van der Waals surface area contributed by atoms with Crippen LogP contribution >= 0.6 is 0 Å². The first-order valence-electron chi connectivity index (χ1n) is 8.81. The number of carbonyl (C=O) groups is 1. The van der Waals surface area contributed by atoms with Gasteiger partial charge in [0, 0.05) is 24.7 Å². The lowest BCUT2D eigenvalue weighted by atomic mass is 9.98. The lowest BCUT2D eigenvalue weighted by Gasteiger charge is -2.08. The molecule has 0 fully saturated rings. The number of ketones is 1. The zero-order valence-corrected chi connectivity index (χ0v) is 15.0. The van der Waals surface area contributed by atoms with Gasteiger partial charge in [-0.15, -0.1) is 0 Å². The largest absolute Gasteiger partial charge is 0.299 e. The van der Waals surface area contributed by atoms with Crippen LogP contribution in [0.5, 0.6) is 0 Å². The van der Waals surface area contributed by atoms with E-state index in [9.17, 15) is 4.79 Å². The van der Waals surface area contributed by atoms with Crippen molar-refractivity contribution < 1.29 is 4.79 Å². The summed E-state index contributed by atoms with van der Waals surface area (Å²) >= 11 is 0. The molecule has 3 aromatic rings. The van der Waals surface area contributed by atoms with Crippen molar-refractivity contribution in [3.8, 4) is 11.1 Å². The Morgan fingerprint density at radius 3 is 2.50 bits per heavy atom. The second kappa shape index (κ2) is 6.68. The van der Waals surface area contributed by atoms with E-state index in [0.717, 1.165) is 33.8 Å². The van der Waals surface area contributed by atoms with Gasteiger partial charge in [-0.1, -0.05) is 35.9 Å². The number of carbonyl (C=O) groups excluding carboxylic acids is 1. The first-order chi connectivity index (χ1) is 12.6. The molecule has 0 N–H and O–H groups in total. The molecule has 1 aliphatic heterocycles. The highest BCUT2D eigenvalue weighted by atomic mass is 16.1. The number of nitrogens with zero attached hydrogens (tertiary/aromatic N) is 2. The highest BCUT2D eigenvalue weighted by Gasteiger charge is 2.18. The molecule has 0 bridgehead atoms. The summed E-state index contributed by atoms with van der Waals surface area (Å²) in [6.45, 7) is 4.04. The molecule has 0 atom stereocenters. The van der Waals surface area contributed by atoms with Crippen LogP contribution in [0.15, 0.2) is 65.8 Å². The van der Waals surface area contributed by atoms with Crippen LogP contribution < -0.4 is 0 Å². The topological polar surface area (TPSA) is 42.3 Å². The van der Waals surface area contributed by atoms with Crippen LogP contribution in [0.4, 0.5) is 5.69 Å². The van der Waals surface area contributed by atoms with Crippen LogP contribution in [0, 0.1) is 13.8 Å². The van der Waals surface area contributed by atoms with Crippen LogP contribution in [0.3, 0.4) is 0 Å². The predicted octanol–water partition coefficient (Wildman–Crippen LogP) is 5.00. The van der Waals surface area contributed by atoms with Crippen molar-refractivity contribution in [3.05, 3.63) is 83.2 Å². The van der Waals surface area contributed by atoms with E-state index >= 15 is 0 Å². The Hall–Kier alpha value is -3.07. The third-order valence-electron chi connectivity index (χ3n) is 4.67.